The van der Waals surface area contributed by atoms with Gasteiger partial charge in [-0.2, -0.15) is 0 Å². The van der Waals surface area contributed by atoms with Crippen LogP contribution in [-0.4, -0.2) is 16.3 Å². The molecule has 0 aliphatic rings. The van der Waals surface area contributed by atoms with Gasteiger partial charge in [-0.05, 0) is 47.0 Å². The van der Waals surface area contributed by atoms with Crippen LogP contribution >= 0.6 is 11.6 Å². The van der Waals surface area contributed by atoms with Crippen molar-refractivity contribution in [2.24, 2.45) is 0 Å². The van der Waals surface area contributed by atoms with E-state index in [9.17, 15) is 18.4 Å². The molecule has 2 rings (SSSR count). The Balaban J connectivity index is 0.000000220. The van der Waals surface area contributed by atoms with Crippen molar-refractivity contribution in [1.29, 1.82) is 0 Å². The Kier molecular flexibility index (Phi) is 7.19. The normalized spacial score (nSPS) is 9.59. The minimum atomic E-state index is -0.990. The lowest BCUT2D eigenvalue weighted by atomic mass is 10.1. The van der Waals surface area contributed by atoms with Gasteiger partial charge in [-0.1, -0.05) is 24.3 Å². The fraction of sp³-hybridized carbons (Fsp3) is 0.125. The highest BCUT2D eigenvalue weighted by atomic mass is 35.5. The fourth-order valence-electron chi connectivity index (χ4n) is 1.46. The molecule has 0 saturated heterocycles. The summed E-state index contributed by atoms with van der Waals surface area (Å²) in [6, 6.07) is 11.8. The van der Waals surface area contributed by atoms with Gasteiger partial charge in [-0.25, -0.2) is 13.6 Å². The molecule has 0 spiro atoms. The Morgan fingerprint density at radius 2 is 1.18 bits per heavy atom. The van der Waals surface area contributed by atoms with E-state index in [1.165, 1.54) is 48.5 Å². The third-order valence-corrected chi connectivity index (χ3v) is 2.91. The summed E-state index contributed by atoms with van der Waals surface area (Å²) >= 11 is 5.17. The first-order valence-corrected chi connectivity index (χ1v) is 6.58. The van der Waals surface area contributed by atoms with Crippen LogP contribution in [0.2, 0.25) is 0 Å². The minimum Gasteiger partial charge on any atom is -0.478 e. The van der Waals surface area contributed by atoms with E-state index in [0.29, 0.717) is 16.7 Å². The largest absolute Gasteiger partial charge is 0.478 e. The van der Waals surface area contributed by atoms with Crippen molar-refractivity contribution in [3.63, 3.8) is 0 Å². The molecule has 2 aromatic rings. The molecule has 1 N–H and O–H groups in total. The number of carbonyl (C=O) groups is 2. The van der Waals surface area contributed by atoms with Crippen LogP contribution < -0.4 is 0 Å². The molecule has 0 amide bonds. The summed E-state index contributed by atoms with van der Waals surface area (Å²) in [6.45, 7) is -1.07. The molecular formula is C16H13ClF2O3. The van der Waals surface area contributed by atoms with Crippen LogP contribution in [0.25, 0.3) is 0 Å². The molecule has 0 radical (unpaired) electrons. The van der Waals surface area contributed by atoms with Crippen molar-refractivity contribution in [2.75, 3.05) is 0 Å². The second-order valence-corrected chi connectivity index (χ2v) is 4.58. The van der Waals surface area contributed by atoms with Gasteiger partial charge in [0.1, 0.15) is 13.3 Å². The van der Waals surface area contributed by atoms with Gasteiger partial charge in [0.25, 0.3) is 5.24 Å². The Morgan fingerprint density at radius 3 is 1.45 bits per heavy atom. The predicted octanol–water partition coefficient (Wildman–Crippen LogP) is 4.39. The zero-order valence-electron chi connectivity index (χ0n) is 11.4. The van der Waals surface area contributed by atoms with Crippen molar-refractivity contribution in [3.05, 3.63) is 70.8 Å². The molecule has 2 aromatic carbocycles. The minimum absolute atomic E-state index is 0.183. The number of carboxylic acids is 1. The van der Waals surface area contributed by atoms with Crippen LogP contribution in [0.4, 0.5) is 8.78 Å². The predicted molar refractivity (Wildman–Crippen MR) is 79.7 cm³/mol. The molecule has 116 valence electrons. The summed E-state index contributed by atoms with van der Waals surface area (Å²) in [4.78, 5) is 20.8. The summed E-state index contributed by atoms with van der Waals surface area (Å²) in [5.41, 5.74) is 1.62. The third kappa shape index (κ3) is 5.61. The highest BCUT2D eigenvalue weighted by Gasteiger charge is 2.00. The summed E-state index contributed by atoms with van der Waals surface area (Å²) in [5, 5.41) is 7.94. The SMILES string of the molecule is O=C(Cl)c1ccc(CF)cc1.O=C(O)c1ccc(CF)cc1. The van der Waals surface area contributed by atoms with E-state index >= 15 is 0 Å². The zero-order chi connectivity index (χ0) is 16.5. The van der Waals surface area contributed by atoms with Gasteiger partial charge in [-0.3, -0.25) is 4.79 Å². The second-order valence-electron chi connectivity index (χ2n) is 4.24. The number of rotatable bonds is 4. The molecule has 0 fully saturated rings. The summed E-state index contributed by atoms with van der Waals surface area (Å²) in [7, 11) is 0. The van der Waals surface area contributed by atoms with E-state index in [1.807, 2.05) is 0 Å². The van der Waals surface area contributed by atoms with Crippen molar-refractivity contribution >= 4 is 22.8 Å². The Morgan fingerprint density at radius 1 is 0.818 bits per heavy atom. The van der Waals surface area contributed by atoms with E-state index in [-0.39, 0.29) is 5.56 Å². The number of carboxylic acid groups (broad SMARTS) is 1. The molecule has 0 aliphatic carbocycles. The van der Waals surface area contributed by atoms with Crippen LogP contribution in [0.5, 0.6) is 0 Å². The van der Waals surface area contributed by atoms with E-state index < -0.39 is 24.6 Å². The summed E-state index contributed by atoms with van der Waals surface area (Å²) in [6.07, 6.45) is 0. The standard InChI is InChI=1S/C8H6ClFO.C8H7FO2/c9-8(11)7-3-1-6(5-10)2-4-7;9-5-6-1-3-7(4-2-6)8(10)11/h1-4H,5H2;1-4H,5H2,(H,10,11). The van der Waals surface area contributed by atoms with Gasteiger partial charge in [-0.15, -0.1) is 0 Å². The molecule has 0 aliphatic heterocycles. The number of hydrogen-bond donors (Lipinski definition) is 1. The molecule has 0 atom stereocenters. The van der Waals surface area contributed by atoms with E-state index in [0.717, 1.165) is 0 Å². The molecule has 0 bridgehead atoms. The van der Waals surface area contributed by atoms with Gasteiger partial charge >= 0.3 is 5.97 Å². The monoisotopic (exact) mass is 326 g/mol. The average Bonchev–Trinajstić information content (AvgIpc) is 2.55. The molecule has 3 nitrogen and oxygen atoms in total. The Hall–Kier alpha value is -2.27. The van der Waals surface area contributed by atoms with Crippen molar-refractivity contribution < 1.29 is 23.5 Å². The lowest BCUT2D eigenvalue weighted by Crippen LogP contribution is -1.95. The molecule has 22 heavy (non-hydrogen) atoms. The van der Waals surface area contributed by atoms with Gasteiger partial charge in [0.2, 0.25) is 0 Å². The molecule has 0 heterocycles. The van der Waals surface area contributed by atoms with Crippen LogP contribution in [0.1, 0.15) is 31.8 Å². The molecular weight excluding hydrogens is 314 g/mol. The van der Waals surface area contributed by atoms with Crippen LogP contribution in [0, 0.1) is 0 Å². The highest BCUT2D eigenvalue weighted by Crippen LogP contribution is 2.07. The zero-order valence-corrected chi connectivity index (χ0v) is 12.2. The number of alkyl halides is 2. The van der Waals surface area contributed by atoms with Gasteiger partial charge in [0.05, 0.1) is 5.56 Å². The fourth-order valence-corrected chi connectivity index (χ4v) is 1.59. The summed E-state index contributed by atoms with van der Waals surface area (Å²) < 4.78 is 23.9. The first kappa shape index (κ1) is 17.8. The molecule has 0 saturated carbocycles. The maximum absolute atomic E-state index is 11.9. The van der Waals surface area contributed by atoms with Crippen LogP contribution in [0.3, 0.4) is 0 Å². The summed E-state index contributed by atoms with van der Waals surface area (Å²) in [5.74, 6) is -0.990. The first-order valence-electron chi connectivity index (χ1n) is 6.21. The van der Waals surface area contributed by atoms with E-state index in [2.05, 4.69) is 0 Å². The van der Waals surface area contributed by atoms with Gasteiger partial charge < -0.3 is 5.11 Å². The maximum Gasteiger partial charge on any atom is 0.335 e. The van der Waals surface area contributed by atoms with Crippen LogP contribution in [-0.2, 0) is 13.3 Å². The van der Waals surface area contributed by atoms with E-state index in [4.69, 9.17) is 16.7 Å². The lowest BCUT2D eigenvalue weighted by Gasteiger charge is -1.94. The van der Waals surface area contributed by atoms with Crippen LogP contribution in [0.15, 0.2) is 48.5 Å². The second kappa shape index (κ2) is 8.89. The van der Waals surface area contributed by atoms with Gasteiger partial charge in [0, 0.05) is 5.56 Å². The number of aromatic carboxylic acids is 1. The maximum atomic E-state index is 11.9. The van der Waals surface area contributed by atoms with Crippen molar-refractivity contribution in [3.8, 4) is 0 Å². The number of hydrogen-bond acceptors (Lipinski definition) is 2. The number of carbonyl (C=O) groups excluding carboxylic acids is 1. The first-order chi connectivity index (χ1) is 10.5. The molecule has 0 aromatic heterocycles. The lowest BCUT2D eigenvalue weighted by molar-refractivity contribution is 0.0696. The smallest absolute Gasteiger partial charge is 0.335 e. The van der Waals surface area contributed by atoms with Crippen molar-refractivity contribution in [1.82, 2.24) is 0 Å². The number of halogens is 3. The molecule has 6 heteroatoms. The quantitative estimate of drug-likeness (QED) is 0.848. The van der Waals surface area contributed by atoms with Crippen molar-refractivity contribution in [2.45, 2.75) is 13.3 Å². The Bertz CT molecular complexity index is 567. The highest BCUT2D eigenvalue weighted by molar-refractivity contribution is 6.67. The van der Waals surface area contributed by atoms with Gasteiger partial charge in [0.15, 0.2) is 0 Å². The average molecular weight is 327 g/mol. The topological polar surface area (TPSA) is 54.4 Å². The van der Waals surface area contributed by atoms with E-state index in [1.54, 1.807) is 0 Å². The molecule has 0 unspecified atom stereocenters. The number of benzene rings is 2. The third-order valence-electron chi connectivity index (χ3n) is 2.69. The Labute approximate surface area is 131 Å².